The van der Waals surface area contributed by atoms with Crippen molar-refractivity contribution >= 4 is 15.8 Å². The second kappa shape index (κ2) is 5.91. The van der Waals surface area contributed by atoms with Gasteiger partial charge in [-0.2, -0.15) is 4.31 Å². The Morgan fingerprint density at radius 3 is 2.52 bits per heavy atom. The first-order valence-corrected chi connectivity index (χ1v) is 10.8. The van der Waals surface area contributed by atoms with E-state index in [4.69, 9.17) is 4.74 Å². The minimum atomic E-state index is -3.59. The summed E-state index contributed by atoms with van der Waals surface area (Å²) in [5.74, 6) is 1.17. The van der Waals surface area contributed by atoms with E-state index in [1.165, 1.54) is 22.7 Å². The SMILES string of the molecule is O=C1CC2(CCN(S(=O)(=O)c3ccc(C4CC4)cc3)C2)Oc2ccccc21. The number of Topliss-reactive ketones (excluding diaryl/α,β-unsaturated/α-hetero) is 1. The van der Waals surface area contributed by atoms with Gasteiger partial charge in [-0.3, -0.25) is 4.79 Å². The number of nitrogens with zero attached hydrogens (tertiary/aromatic N) is 1. The molecule has 1 saturated carbocycles. The maximum atomic E-state index is 13.1. The summed E-state index contributed by atoms with van der Waals surface area (Å²) in [5.41, 5.74) is 1.04. The van der Waals surface area contributed by atoms with Crippen LogP contribution in [0.1, 0.15) is 47.5 Å². The summed E-state index contributed by atoms with van der Waals surface area (Å²) in [4.78, 5) is 12.8. The Morgan fingerprint density at radius 2 is 1.78 bits per heavy atom. The van der Waals surface area contributed by atoms with E-state index in [1.807, 2.05) is 24.3 Å². The molecule has 2 heterocycles. The molecule has 3 aliphatic rings. The Kier molecular flexibility index (Phi) is 3.71. The predicted octanol–water partition coefficient (Wildman–Crippen LogP) is 3.36. The molecule has 0 radical (unpaired) electrons. The zero-order valence-electron chi connectivity index (χ0n) is 14.9. The Balaban J connectivity index is 1.39. The van der Waals surface area contributed by atoms with Gasteiger partial charge in [0.25, 0.3) is 0 Å². The summed E-state index contributed by atoms with van der Waals surface area (Å²) < 4.78 is 33.7. The number of fused-ring (bicyclic) bond motifs is 1. The van der Waals surface area contributed by atoms with Crippen molar-refractivity contribution in [2.45, 2.75) is 42.1 Å². The topological polar surface area (TPSA) is 63.7 Å². The average Bonchev–Trinajstić information content (AvgIpc) is 3.44. The highest BCUT2D eigenvalue weighted by Gasteiger charge is 2.48. The molecular weight excluding hydrogens is 362 g/mol. The number of hydrogen-bond donors (Lipinski definition) is 0. The molecule has 5 rings (SSSR count). The molecule has 1 atom stereocenters. The van der Waals surface area contributed by atoms with Gasteiger partial charge in [-0.05, 0) is 48.6 Å². The van der Waals surface area contributed by atoms with E-state index >= 15 is 0 Å². The summed E-state index contributed by atoms with van der Waals surface area (Å²) in [5, 5.41) is 0. The summed E-state index contributed by atoms with van der Waals surface area (Å²) in [6.07, 6.45) is 3.12. The number of hydrogen-bond acceptors (Lipinski definition) is 4. The van der Waals surface area contributed by atoms with Crippen LogP contribution in [0.15, 0.2) is 53.4 Å². The molecule has 1 spiro atoms. The molecule has 0 amide bonds. The molecule has 1 saturated heterocycles. The molecule has 2 aromatic rings. The van der Waals surface area contributed by atoms with Crippen molar-refractivity contribution in [2.75, 3.05) is 13.1 Å². The van der Waals surface area contributed by atoms with Gasteiger partial charge in [-0.1, -0.05) is 24.3 Å². The number of carbonyl (C=O) groups is 1. The van der Waals surface area contributed by atoms with Gasteiger partial charge in [-0.25, -0.2) is 8.42 Å². The molecule has 0 bridgehead atoms. The number of para-hydroxylation sites is 1. The minimum Gasteiger partial charge on any atom is -0.485 e. The van der Waals surface area contributed by atoms with Crippen molar-refractivity contribution in [3.63, 3.8) is 0 Å². The zero-order valence-corrected chi connectivity index (χ0v) is 15.7. The Hall–Kier alpha value is -2.18. The molecule has 27 heavy (non-hydrogen) atoms. The van der Waals surface area contributed by atoms with Crippen LogP contribution < -0.4 is 4.74 Å². The van der Waals surface area contributed by atoms with Crippen molar-refractivity contribution in [3.05, 3.63) is 59.7 Å². The first kappa shape index (κ1) is 17.0. The van der Waals surface area contributed by atoms with Crippen molar-refractivity contribution < 1.29 is 17.9 Å². The van der Waals surface area contributed by atoms with E-state index < -0.39 is 15.6 Å². The Morgan fingerprint density at radius 1 is 1.04 bits per heavy atom. The molecule has 2 fully saturated rings. The van der Waals surface area contributed by atoms with Crippen molar-refractivity contribution in [1.82, 2.24) is 4.31 Å². The van der Waals surface area contributed by atoms with Crippen LogP contribution in [0.5, 0.6) is 5.75 Å². The van der Waals surface area contributed by atoms with Gasteiger partial charge in [0, 0.05) is 13.0 Å². The van der Waals surface area contributed by atoms with Crippen molar-refractivity contribution in [3.8, 4) is 5.75 Å². The molecular formula is C21H21NO4S. The maximum Gasteiger partial charge on any atom is 0.243 e. The molecule has 0 N–H and O–H groups in total. The largest absolute Gasteiger partial charge is 0.485 e. The van der Waals surface area contributed by atoms with Gasteiger partial charge >= 0.3 is 0 Å². The van der Waals surface area contributed by atoms with E-state index in [2.05, 4.69) is 0 Å². The van der Waals surface area contributed by atoms with Crippen LogP contribution in [-0.2, 0) is 10.0 Å². The zero-order chi connectivity index (χ0) is 18.6. The lowest BCUT2D eigenvalue weighted by Crippen LogP contribution is -2.45. The van der Waals surface area contributed by atoms with E-state index in [9.17, 15) is 13.2 Å². The van der Waals surface area contributed by atoms with Gasteiger partial charge in [0.05, 0.1) is 23.4 Å². The van der Waals surface area contributed by atoms with Crippen LogP contribution in [0.2, 0.25) is 0 Å². The lowest BCUT2D eigenvalue weighted by molar-refractivity contribution is 0.0498. The standard InChI is InChI=1S/C21H21NO4S/c23-19-13-21(26-20-4-2-1-3-18(19)20)11-12-22(14-21)27(24,25)17-9-7-16(8-10-17)15-5-6-15/h1-4,7-10,15H,5-6,11-14H2. The highest BCUT2D eigenvalue weighted by molar-refractivity contribution is 7.89. The molecule has 2 aromatic carbocycles. The predicted molar refractivity (Wildman–Crippen MR) is 101 cm³/mol. The normalized spacial score (nSPS) is 25.4. The maximum absolute atomic E-state index is 13.1. The highest BCUT2D eigenvalue weighted by atomic mass is 32.2. The summed E-state index contributed by atoms with van der Waals surface area (Å²) >= 11 is 0. The van der Waals surface area contributed by atoms with Crippen LogP contribution in [0.25, 0.3) is 0 Å². The second-order valence-corrected chi connectivity index (χ2v) is 9.75. The summed E-state index contributed by atoms with van der Waals surface area (Å²) in [6, 6.07) is 14.4. The third kappa shape index (κ3) is 2.87. The number of ketones is 1. The van der Waals surface area contributed by atoms with Gasteiger partial charge in [0.2, 0.25) is 10.0 Å². The second-order valence-electron chi connectivity index (χ2n) is 7.81. The Labute approximate surface area is 159 Å². The smallest absolute Gasteiger partial charge is 0.243 e. The Bertz CT molecular complexity index is 1010. The van der Waals surface area contributed by atoms with Crippen LogP contribution in [0.3, 0.4) is 0 Å². The number of sulfonamides is 1. The molecule has 6 heteroatoms. The number of rotatable bonds is 3. The monoisotopic (exact) mass is 383 g/mol. The number of benzene rings is 2. The lowest BCUT2D eigenvalue weighted by atomic mass is 9.89. The fourth-order valence-electron chi connectivity index (χ4n) is 4.16. The van der Waals surface area contributed by atoms with E-state index in [1.54, 1.807) is 24.3 Å². The van der Waals surface area contributed by atoms with E-state index in [-0.39, 0.29) is 18.7 Å². The molecule has 2 aliphatic heterocycles. The van der Waals surface area contributed by atoms with Crippen LogP contribution >= 0.6 is 0 Å². The molecule has 0 aromatic heterocycles. The fourth-order valence-corrected chi connectivity index (χ4v) is 5.68. The van der Waals surface area contributed by atoms with Crippen molar-refractivity contribution in [2.24, 2.45) is 0 Å². The molecule has 1 unspecified atom stereocenters. The number of ether oxygens (including phenoxy) is 1. The summed E-state index contributed by atoms with van der Waals surface area (Å²) in [6.45, 7) is 0.571. The third-order valence-electron chi connectivity index (χ3n) is 5.84. The van der Waals surface area contributed by atoms with Crippen molar-refractivity contribution in [1.29, 1.82) is 0 Å². The quantitative estimate of drug-likeness (QED) is 0.815. The van der Waals surface area contributed by atoms with Crippen LogP contribution in [-0.4, -0.2) is 37.2 Å². The van der Waals surface area contributed by atoms with Gasteiger partial charge in [0.1, 0.15) is 11.4 Å². The van der Waals surface area contributed by atoms with E-state index in [0.29, 0.717) is 35.1 Å². The summed E-state index contributed by atoms with van der Waals surface area (Å²) in [7, 11) is -3.59. The lowest BCUT2D eigenvalue weighted by Gasteiger charge is -2.34. The molecule has 1 aliphatic carbocycles. The van der Waals surface area contributed by atoms with Gasteiger partial charge in [-0.15, -0.1) is 0 Å². The van der Waals surface area contributed by atoms with Crippen LogP contribution in [0, 0.1) is 0 Å². The van der Waals surface area contributed by atoms with Gasteiger partial charge < -0.3 is 4.74 Å². The average molecular weight is 383 g/mol. The highest BCUT2D eigenvalue weighted by Crippen LogP contribution is 2.42. The molecule has 140 valence electrons. The first-order chi connectivity index (χ1) is 13.0. The number of carbonyl (C=O) groups excluding carboxylic acids is 1. The van der Waals surface area contributed by atoms with E-state index in [0.717, 1.165) is 0 Å². The third-order valence-corrected chi connectivity index (χ3v) is 7.70. The minimum absolute atomic E-state index is 0.0184. The van der Waals surface area contributed by atoms with Crippen LogP contribution in [0.4, 0.5) is 0 Å². The first-order valence-electron chi connectivity index (χ1n) is 9.38. The fraction of sp³-hybridized carbons (Fsp3) is 0.381. The molecule has 5 nitrogen and oxygen atoms in total. The van der Waals surface area contributed by atoms with Gasteiger partial charge in [0.15, 0.2) is 5.78 Å².